The summed E-state index contributed by atoms with van der Waals surface area (Å²) in [4.78, 5) is 34.2. The van der Waals surface area contributed by atoms with Gasteiger partial charge in [-0.1, -0.05) is 11.6 Å². The average Bonchev–Trinajstić information content (AvgIpc) is 3.23. The van der Waals surface area contributed by atoms with E-state index in [1.807, 2.05) is 0 Å². The van der Waals surface area contributed by atoms with Crippen molar-refractivity contribution in [3.05, 3.63) is 58.6 Å². The molecule has 0 radical (unpaired) electrons. The van der Waals surface area contributed by atoms with Gasteiger partial charge >= 0.3 is 6.09 Å². The van der Waals surface area contributed by atoms with E-state index in [4.69, 9.17) is 21.3 Å². The molecule has 12 heteroatoms. The van der Waals surface area contributed by atoms with Crippen LogP contribution in [-0.4, -0.2) is 49.2 Å². The Morgan fingerprint density at radius 1 is 1.16 bits per heavy atom. The molecule has 0 saturated heterocycles. The third-order valence-electron chi connectivity index (χ3n) is 6.68. The second-order valence-corrected chi connectivity index (χ2v) is 14.4. The van der Waals surface area contributed by atoms with Gasteiger partial charge in [-0.2, -0.15) is 0 Å². The summed E-state index contributed by atoms with van der Waals surface area (Å²) >= 11 is 5.85. The van der Waals surface area contributed by atoms with Crippen LogP contribution in [0.25, 0.3) is 0 Å². The topological polar surface area (TPSA) is 122 Å². The molecule has 3 heterocycles. The number of carbonyl (C=O) groups is 2. The number of amides is 2. The van der Waals surface area contributed by atoms with Gasteiger partial charge in [-0.3, -0.25) is 15.1 Å². The van der Waals surface area contributed by atoms with Gasteiger partial charge in [-0.15, -0.1) is 0 Å². The molecule has 2 aromatic rings. The lowest BCUT2D eigenvalue weighted by Crippen LogP contribution is -2.60. The monoisotopic (exact) mass is 563 g/mol. The van der Waals surface area contributed by atoms with E-state index in [-0.39, 0.29) is 17.1 Å². The van der Waals surface area contributed by atoms with Gasteiger partial charge in [0.25, 0.3) is 5.91 Å². The molecule has 1 aromatic heterocycles. The van der Waals surface area contributed by atoms with Gasteiger partial charge in [-0.05, 0) is 78.3 Å². The van der Waals surface area contributed by atoms with E-state index in [0.29, 0.717) is 23.7 Å². The summed E-state index contributed by atoms with van der Waals surface area (Å²) in [5.41, 5.74) is -1.58. The predicted molar refractivity (Wildman–Crippen MR) is 146 cm³/mol. The summed E-state index contributed by atoms with van der Waals surface area (Å²) in [6.07, 6.45) is 1.01. The van der Waals surface area contributed by atoms with Crippen molar-refractivity contribution in [1.29, 1.82) is 0 Å². The van der Waals surface area contributed by atoms with Gasteiger partial charge in [-0.25, -0.2) is 22.7 Å². The highest BCUT2D eigenvalue weighted by Gasteiger charge is 2.57. The smallest absolute Gasteiger partial charge is 0.413 e. The van der Waals surface area contributed by atoms with Crippen LogP contribution in [0.1, 0.15) is 64.0 Å². The minimum atomic E-state index is -3.02. The number of fused-ring (bicyclic) bond motifs is 1. The molecule has 1 unspecified atom stereocenters. The van der Waals surface area contributed by atoms with E-state index < -0.39 is 48.7 Å². The zero-order valence-corrected chi connectivity index (χ0v) is 23.7. The normalized spacial score (nSPS) is 26.0. The molecule has 2 amide bonds. The molecule has 0 aliphatic carbocycles. The van der Waals surface area contributed by atoms with Gasteiger partial charge in [0.1, 0.15) is 33.2 Å². The van der Waals surface area contributed by atoms with E-state index in [1.54, 1.807) is 47.6 Å². The minimum Gasteiger partial charge on any atom is -0.444 e. The van der Waals surface area contributed by atoms with Crippen molar-refractivity contribution < 1.29 is 22.9 Å². The number of aliphatic imine (C=N–C) groups is 1. The molecular formula is C26H31ClFN5O4S. The highest BCUT2D eigenvalue weighted by Crippen LogP contribution is 2.48. The molecule has 0 spiro atoms. The van der Waals surface area contributed by atoms with E-state index in [0.717, 1.165) is 0 Å². The largest absolute Gasteiger partial charge is 0.444 e. The van der Waals surface area contributed by atoms with Crippen LogP contribution in [0.15, 0.2) is 45.9 Å². The molecule has 9 nitrogen and oxygen atoms in total. The fraction of sp³-hybridized carbons (Fsp3) is 0.462. The first-order chi connectivity index (χ1) is 17.6. The van der Waals surface area contributed by atoms with Crippen molar-refractivity contribution in [2.75, 3.05) is 11.9 Å². The summed E-state index contributed by atoms with van der Waals surface area (Å²) in [5.74, 6) is -1.01. The highest BCUT2D eigenvalue weighted by atomic mass is 35.5. The molecule has 0 bridgehead atoms. The second-order valence-electron chi connectivity index (χ2n) is 11.0. The SMILES string of the molecule is CC(C)(C)OC(=O)NC1=N[C@](C)(c2cc(NC(=O)c3ccc(Cl)cn3)ccc2F)[C@@H]2CCN=S2(=O)C1(C)C. The van der Waals surface area contributed by atoms with Gasteiger partial charge < -0.3 is 10.1 Å². The first-order valence-electron chi connectivity index (χ1n) is 12.1. The van der Waals surface area contributed by atoms with Crippen molar-refractivity contribution in [2.45, 2.75) is 69.1 Å². The van der Waals surface area contributed by atoms with Crippen LogP contribution < -0.4 is 10.6 Å². The van der Waals surface area contributed by atoms with Gasteiger partial charge in [0.05, 0.1) is 20.0 Å². The lowest BCUT2D eigenvalue weighted by atomic mass is 9.85. The fourth-order valence-corrected chi connectivity index (χ4v) is 8.05. The number of alkyl carbamates (subject to hydrolysis) is 1. The number of amidine groups is 1. The number of nitrogens with one attached hydrogen (secondary N) is 2. The summed E-state index contributed by atoms with van der Waals surface area (Å²) in [5, 5.41) is 5.13. The molecule has 0 saturated carbocycles. The quantitative estimate of drug-likeness (QED) is 0.525. The molecule has 2 aliphatic rings. The maximum atomic E-state index is 15.4. The second kappa shape index (κ2) is 9.60. The van der Waals surface area contributed by atoms with Crippen LogP contribution in [0.4, 0.5) is 14.9 Å². The third-order valence-corrected chi connectivity index (χ3v) is 10.6. The maximum absolute atomic E-state index is 15.4. The fourth-order valence-electron chi connectivity index (χ4n) is 4.75. The van der Waals surface area contributed by atoms with E-state index in [9.17, 15) is 13.8 Å². The molecular weight excluding hydrogens is 533 g/mol. The summed E-state index contributed by atoms with van der Waals surface area (Å²) in [7, 11) is -3.02. The maximum Gasteiger partial charge on any atom is 0.413 e. The number of hydrogen-bond acceptors (Lipinski definition) is 7. The summed E-state index contributed by atoms with van der Waals surface area (Å²) in [6, 6.07) is 7.12. The van der Waals surface area contributed by atoms with Crippen molar-refractivity contribution >= 4 is 44.9 Å². The number of hydrogen-bond donors (Lipinski definition) is 2. The Balaban J connectivity index is 1.78. The first kappa shape index (κ1) is 28.0. The molecule has 3 atom stereocenters. The minimum absolute atomic E-state index is 0.0975. The number of benzene rings is 1. The zero-order chi connectivity index (χ0) is 28.1. The number of pyridine rings is 1. The number of nitrogens with zero attached hydrogens (tertiary/aromatic N) is 3. The Bertz CT molecular complexity index is 1440. The first-order valence-corrected chi connectivity index (χ1v) is 14.1. The molecule has 38 heavy (non-hydrogen) atoms. The van der Waals surface area contributed by atoms with Crippen LogP contribution in [0.5, 0.6) is 0 Å². The van der Waals surface area contributed by atoms with Crippen molar-refractivity contribution in [2.24, 2.45) is 9.36 Å². The molecule has 2 aliphatic heterocycles. The van der Waals surface area contributed by atoms with Crippen LogP contribution >= 0.6 is 11.6 Å². The van der Waals surface area contributed by atoms with Gasteiger partial charge in [0.2, 0.25) is 0 Å². The number of carbonyl (C=O) groups excluding carboxylic acids is 2. The van der Waals surface area contributed by atoms with Crippen LogP contribution in [-0.2, 0) is 20.0 Å². The lowest BCUT2D eigenvalue weighted by molar-refractivity contribution is 0.0560. The molecule has 4 rings (SSSR count). The Labute approximate surface area is 226 Å². The standard InChI is InChI=1S/C26H31ClFN5O4S/c1-24(2,3)37-23(35)32-22-25(4,5)38(36)20(11-12-30-38)26(6,33-22)17-13-16(8-9-18(17)28)31-21(34)19-10-7-15(27)14-29-19/h7-10,13-14,20H,11-12H2,1-6H3,(H,31,34)(H,32,33,35)/t20-,26+,38?/m0/s1. The Morgan fingerprint density at radius 3 is 2.50 bits per heavy atom. The Hall–Kier alpha value is -3.05. The predicted octanol–water partition coefficient (Wildman–Crippen LogP) is 5.30. The van der Waals surface area contributed by atoms with Gasteiger partial charge in [0.15, 0.2) is 0 Å². The summed E-state index contributed by atoms with van der Waals surface area (Å²) in [6.45, 7) is 10.6. The van der Waals surface area contributed by atoms with Crippen LogP contribution in [0, 0.1) is 5.82 Å². The number of aromatic nitrogens is 1. The van der Waals surface area contributed by atoms with Crippen LogP contribution in [0.2, 0.25) is 5.02 Å². The van der Waals surface area contributed by atoms with E-state index >= 15 is 4.39 Å². The Morgan fingerprint density at radius 2 is 1.87 bits per heavy atom. The van der Waals surface area contributed by atoms with Crippen molar-refractivity contribution in [1.82, 2.24) is 10.3 Å². The lowest BCUT2D eigenvalue weighted by Gasteiger charge is -2.45. The number of ether oxygens (including phenoxy) is 1. The van der Waals surface area contributed by atoms with Crippen LogP contribution in [0.3, 0.4) is 0 Å². The number of rotatable bonds is 3. The Kier molecular flexibility index (Phi) is 7.07. The van der Waals surface area contributed by atoms with Crippen molar-refractivity contribution in [3.8, 4) is 0 Å². The molecule has 0 fully saturated rings. The molecule has 1 aromatic carbocycles. The molecule has 2 N–H and O–H groups in total. The van der Waals surface area contributed by atoms with E-state index in [2.05, 4.69) is 20.0 Å². The molecule has 204 valence electrons. The average molecular weight is 564 g/mol. The third kappa shape index (κ3) is 5.01. The number of anilines is 1. The van der Waals surface area contributed by atoms with Gasteiger partial charge in [0, 0.05) is 24.0 Å². The van der Waals surface area contributed by atoms with Crippen molar-refractivity contribution in [3.63, 3.8) is 0 Å². The number of halogens is 2. The van der Waals surface area contributed by atoms with E-state index in [1.165, 1.54) is 30.5 Å². The zero-order valence-electron chi connectivity index (χ0n) is 22.1. The summed E-state index contributed by atoms with van der Waals surface area (Å²) < 4.78 is 38.6. The highest BCUT2D eigenvalue weighted by molar-refractivity contribution is 7.96.